The molecular weight excluding hydrogens is 668 g/mol. The van der Waals surface area contributed by atoms with E-state index in [0.29, 0.717) is 0 Å². The number of aliphatic hydroxyl groups is 1. The van der Waals surface area contributed by atoms with Gasteiger partial charge in [-0.15, -0.1) is 0 Å². The molecule has 14 nitrogen and oxygen atoms in total. The molecule has 12 atom stereocenters. The summed E-state index contributed by atoms with van der Waals surface area (Å²) in [4.78, 5) is 93.4. The predicted octanol–water partition coefficient (Wildman–Crippen LogP) is 2.89. The molecule has 0 saturated heterocycles. The Bertz CT molecular complexity index is 1640. The average Bonchev–Trinajstić information content (AvgIpc) is 3.36. The lowest BCUT2D eigenvalue weighted by Crippen LogP contribution is -2.71. The van der Waals surface area contributed by atoms with Crippen LogP contribution in [0.5, 0.6) is 0 Å². The molecule has 0 spiro atoms. The van der Waals surface area contributed by atoms with E-state index in [1.807, 2.05) is 0 Å². The van der Waals surface area contributed by atoms with Crippen LogP contribution in [0.3, 0.4) is 0 Å². The third-order valence-corrected chi connectivity index (χ3v) is 11.4. The second kappa shape index (κ2) is 13.0. The summed E-state index contributed by atoms with van der Waals surface area (Å²) < 4.78 is 36.4. The summed E-state index contributed by atoms with van der Waals surface area (Å²) in [5.74, 6) is -9.88. The third kappa shape index (κ3) is 5.98. The van der Waals surface area contributed by atoms with Crippen molar-refractivity contribution in [3.8, 4) is 0 Å². The molecule has 1 aromatic carbocycles. The lowest BCUT2D eigenvalue weighted by atomic mass is 9.53. The summed E-state index contributed by atoms with van der Waals surface area (Å²) in [5, 5.41) is 13.3. The summed E-state index contributed by atoms with van der Waals surface area (Å²) in [5.41, 5.74) is -7.57. The molecule has 0 heterocycles. The number of hydrogen-bond donors (Lipinski definition) is 1. The van der Waals surface area contributed by atoms with Crippen molar-refractivity contribution in [3.05, 3.63) is 35.9 Å². The summed E-state index contributed by atoms with van der Waals surface area (Å²) in [6.45, 7) is 11.9. The number of fused-ring (bicyclic) bond motifs is 5. The van der Waals surface area contributed by atoms with Gasteiger partial charge >= 0.3 is 35.8 Å². The lowest BCUT2D eigenvalue weighted by molar-refractivity contribution is -0.276. The number of carbonyl (C=O) groups excluding carboxylic acids is 7. The van der Waals surface area contributed by atoms with Crippen LogP contribution in [0.4, 0.5) is 0 Å². The van der Waals surface area contributed by atoms with Gasteiger partial charge in [-0.1, -0.05) is 32.0 Å². The molecule has 51 heavy (non-hydrogen) atoms. The summed E-state index contributed by atoms with van der Waals surface area (Å²) in [6.07, 6.45) is -8.24. The van der Waals surface area contributed by atoms with Gasteiger partial charge in [0, 0.05) is 52.9 Å². The molecule has 1 aromatic rings. The first-order valence-corrected chi connectivity index (χ1v) is 17.0. The van der Waals surface area contributed by atoms with Crippen LogP contribution in [0.25, 0.3) is 0 Å². The highest BCUT2D eigenvalue weighted by Crippen LogP contribution is 2.69. The minimum absolute atomic E-state index is 0.180. The van der Waals surface area contributed by atoms with Gasteiger partial charge in [0.05, 0.1) is 22.3 Å². The van der Waals surface area contributed by atoms with Crippen molar-refractivity contribution in [1.82, 2.24) is 0 Å². The smallest absolute Gasteiger partial charge is 0.338 e. The highest BCUT2D eigenvalue weighted by Gasteiger charge is 2.84. The predicted molar refractivity (Wildman–Crippen MR) is 173 cm³/mol. The molecule has 4 aliphatic rings. The Labute approximate surface area is 295 Å². The zero-order valence-corrected chi connectivity index (χ0v) is 30.3. The molecular formula is C37H46O14. The normalized spacial score (nSPS) is 38.9. The van der Waals surface area contributed by atoms with Gasteiger partial charge in [0.15, 0.2) is 17.8 Å². The molecule has 1 N–H and O–H groups in total. The van der Waals surface area contributed by atoms with Crippen LogP contribution in [0.1, 0.15) is 85.5 Å². The Hall–Kier alpha value is -4.33. The largest absolute Gasteiger partial charge is 0.461 e. The van der Waals surface area contributed by atoms with E-state index >= 15 is 0 Å². The maximum Gasteiger partial charge on any atom is 0.338 e. The standard InChI is InChI=1S/C37H46O14/c1-17-15-36(45)26(27(17)50-31(44)23-13-11-10-12-14-23)30(47-19(3)39)37(51-22(6)42)16-24-25(29(46-18(2)38)34(7,8)28(24)43)35(9,32(36)48-20(4)40)33(37)49-21(5)41/h10-14,17,24-27,29-30,32-33,45H,15-16H2,1-9H3/t17-,24+,25+,26+,27-,29-,30+,32+,33-,35+,36+,37+/m0/s1. The van der Waals surface area contributed by atoms with E-state index in [9.17, 15) is 38.7 Å². The number of ether oxygens (including phenoxy) is 6. The maximum absolute atomic E-state index is 14.5. The van der Waals surface area contributed by atoms with Crippen LogP contribution < -0.4 is 0 Å². The number of ketones is 1. The van der Waals surface area contributed by atoms with E-state index in [2.05, 4.69) is 0 Å². The van der Waals surface area contributed by atoms with Crippen molar-refractivity contribution in [2.75, 3.05) is 0 Å². The maximum atomic E-state index is 14.5. The molecule has 0 amide bonds. The molecule has 4 aliphatic carbocycles. The van der Waals surface area contributed by atoms with E-state index < -0.39 is 124 Å². The van der Waals surface area contributed by atoms with E-state index in [4.69, 9.17) is 28.4 Å². The van der Waals surface area contributed by atoms with Gasteiger partial charge in [-0.05, 0) is 38.3 Å². The van der Waals surface area contributed by atoms with Crippen LogP contribution in [-0.4, -0.2) is 88.4 Å². The molecule has 0 radical (unpaired) electrons. The van der Waals surface area contributed by atoms with Crippen molar-refractivity contribution in [2.24, 2.45) is 34.5 Å². The summed E-state index contributed by atoms with van der Waals surface area (Å²) in [6, 6.07) is 8.04. The fraction of sp³-hybridized carbons (Fsp3) is 0.649. The number of hydrogen-bond acceptors (Lipinski definition) is 14. The van der Waals surface area contributed by atoms with Crippen LogP contribution in [-0.2, 0) is 57.2 Å². The van der Waals surface area contributed by atoms with Gasteiger partial charge < -0.3 is 33.5 Å². The first kappa shape index (κ1) is 37.9. The van der Waals surface area contributed by atoms with Crippen molar-refractivity contribution >= 4 is 41.6 Å². The van der Waals surface area contributed by atoms with E-state index in [1.165, 1.54) is 26.0 Å². The minimum atomic E-state index is -2.26. The molecule has 0 aliphatic heterocycles. The van der Waals surface area contributed by atoms with Crippen LogP contribution in [0.2, 0.25) is 0 Å². The minimum Gasteiger partial charge on any atom is -0.461 e. The van der Waals surface area contributed by atoms with Crippen LogP contribution >= 0.6 is 0 Å². The van der Waals surface area contributed by atoms with E-state index in [1.54, 1.807) is 39.0 Å². The van der Waals surface area contributed by atoms with Crippen molar-refractivity contribution in [3.63, 3.8) is 0 Å². The zero-order chi connectivity index (χ0) is 38.0. The quantitative estimate of drug-likeness (QED) is 0.320. The number of rotatable bonds is 7. The fourth-order valence-electron chi connectivity index (χ4n) is 10.0. The van der Waals surface area contributed by atoms with Crippen LogP contribution in [0.15, 0.2) is 30.3 Å². The Morgan fingerprint density at radius 3 is 1.75 bits per heavy atom. The van der Waals surface area contributed by atoms with E-state index in [0.717, 1.165) is 27.7 Å². The second-order valence-electron chi connectivity index (χ2n) is 15.3. The monoisotopic (exact) mass is 714 g/mol. The van der Waals surface area contributed by atoms with E-state index in [-0.39, 0.29) is 12.0 Å². The van der Waals surface area contributed by atoms with Crippen molar-refractivity contribution < 1.29 is 67.1 Å². The summed E-state index contributed by atoms with van der Waals surface area (Å²) >= 11 is 0. The third-order valence-electron chi connectivity index (χ3n) is 11.4. The van der Waals surface area contributed by atoms with Gasteiger partial charge in [-0.25, -0.2) is 4.79 Å². The first-order chi connectivity index (χ1) is 23.6. The van der Waals surface area contributed by atoms with Crippen LogP contribution in [0, 0.1) is 34.5 Å². The van der Waals surface area contributed by atoms with Gasteiger partial charge in [0.25, 0.3) is 0 Å². The zero-order valence-electron chi connectivity index (χ0n) is 30.3. The molecule has 0 unspecified atom stereocenters. The Kier molecular flexibility index (Phi) is 9.68. The SMILES string of the molecule is CC(=O)O[C@@H]1[C@H]2[C@@H](OC(=O)c3ccccc3)[C@@H](C)C[C@]2(O)[C@H](OC(C)=O)[C@@]2(C)[C@@H]3[C@@H](C[C@]1(OC(C)=O)[C@H]2OC(C)=O)C(=O)C(C)(C)[C@H]3OC(C)=O. The lowest BCUT2D eigenvalue weighted by Gasteiger charge is -2.58. The Morgan fingerprint density at radius 2 is 1.22 bits per heavy atom. The molecule has 14 heteroatoms. The molecule has 4 fully saturated rings. The van der Waals surface area contributed by atoms with Crippen molar-refractivity contribution in [2.45, 2.75) is 117 Å². The molecule has 278 valence electrons. The van der Waals surface area contributed by atoms with Gasteiger partial charge in [-0.3, -0.25) is 28.8 Å². The number of esters is 6. The highest BCUT2D eigenvalue weighted by atomic mass is 16.6. The number of benzene rings is 1. The topological polar surface area (TPSA) is 195 Å². The number of carbonyl (C=O) groups is 7. The van der Waals surface area contributed by atoms with Gasteiger partial charge in [0.2, 0.25) is 0 Å². The molecule has 5 rings (SSSR count). The Balaban J connectivity index is 1.90. The molecule has 4 saturated carbocycles. The van der Waals surface area contributed by atoms with Gasteiger partial charge in [0.1, 0.15) is 29.7 Å². The van der Waals surface area contributed by atoms with Crippen molar-refractivity contribution in [1.29, 1.82) is 0 Å². The second-order valence-corrected chi connectivity index (χ2v) is 15.3. The Morgan fingerprint density at radius 1 is 0.686 bits per heavy atom. The molecule has 0 aromatic heterocycles. The fourth-order valence-corrected chi connectivity index (χ4v) is 10.0. The van der Waals surface area contributed by atoms with Gasteiger partial charge in [-0.2, -0.15) is 0 Å². The summed E-state index contributed by atoms with van der Waals surface area (Å²) in [7, 11) is 0. The average molecular weight is 715 g/mol. The molecule has 2 bridgehead atoms. The number of Topliss-reactive ketones (excluding diaryl/α,β-unsaturated/α-hetero) is 1. The highest BCUT2D eigenvalue weighted by molar-refractivity contribution is 5.91. The first-order valence-electron chi connectivity index (χ1n) is 17.0.